The lowest BCUT2D eigenvalue weighted by Crippen LogP contribution is -2.27. The van der Waals surface area contributed by atoms with Gasteiger partial charge < -0.3 is 5.32 Å². The van der Waals surface area contributed by atoms with Crippen LogP contribution in [0.2, 0.25) is 0 Å². The van der Waals surface area contributed by atoms with Crippen molar-refractivity contribution in [1.82, 2.24) is 0 Å². The highest BCUT2D eigenvalue weighted by molar-refractivity contribution is 7.10. The van der Waals surface area contributed by atoms with Crippen LogP contribution in [0.3, 0.4) is 0 Å². The Kier molecular flexibility index (Phi) is 4.05. The molecule has 1 heterocycles. The van der Waals surface area contributed by atoms with E-state index in [0.29, 0.717) is 6.54 Å². The van der Waals surface area contributed by atoms with Crippen molar-refractivity contribution in [3.8, 4) is 6.07 Å². The van der Waals surface area contributed by atoms with Gasteiger partial charge in [0.25, 0.3) is 0 Å². The first-order valence-electron chi connectivity index (χ1n) is 6.11. The fourth-order valence-electron chi connectivity index (χ4n) is 1.84. The number of nitrogens with zero attached hydrogens (tertiary/aromatic N) is 1. The molecule has 0 spiro atoms. The molecule has 0 fully saturated rings. The first kappa shape index (κ1) is 14.5. The van der Waals surface area contributed by atoms with Crippen LogP contribution in [0, 0.1) is 23.0 Å². The summed E-state index contributed by atoms with van der Waals surface area (Å²) in [5.74, 6) is -2.11. The van der Waals surface area contributed by atoms with Crippen molar-refractivity contribution < 1.29 is 8.78 Å². The summed E-state index contributed by atoms with van der Waals surface area (Å²) in [7, 11) is 0. The first-order chi connectivity index (χ1) is 9.45. The zero-order valence-electron chi connectivity index (χ0n) is 11.2. The van der Waals surface area contributed by atoms with Crippen molar-refractivity contribution in [2.45, 2.75) is 19.3 Å². The van der Waals surface area contributed by atoms with Crippen LogP contribution < -0.4 is 5.32 Å². The summed E-state index contributed by atoms with van der Waals surface area (Å²) >= 11 is 1.63. The zero-order valence-corrected chi connectivity index (χ0v) is 12.0. The molecule has 1 N–H and O–H groups in total. The van der Waals surface area contributed by atoms with Gasteiger partial charge in [0.1, 0.15) is 6.07 Å². The van der Waals surface area contributed by atoms with Gasteiger partial charge in [0, 0.05) is 16.8 Å². The molecule has 0 radical (unpaired) electrons. The van der Waals surface area contributed by atoms with Crippen LogP contribution in [0.5, 0.6) is 0 Å². The highest BCUT2D eigenvalue weighted by Gasteiger charge is 2.22. The summed E-state index contributed by atoms with van der Waals surface area (Å²) in [6.45, 7) is 4.53. The molecule has 104 valence electrons. The van der Waals surface area contributed by atoms with E-state index in [9.17, 15) is 8.78 Å². The number of nitriles is 1. The summed E-state index contributed by atoms with van der Waals surface area (Å²) < 4.78 is 27.3. The average molecular weight is 292 g/mol. The number of hydrogen-bond donors (Lipinski definition) is 1. The molecule has 5 heteroatoms. The average Bonchev–Trinajstić information content (AvgIpc) is 2.95. The van der Waals surface area contributed by atoms with Crippen molar-refractivity contribution in [1.29, 1.82) is 5.26 Å². The molecule has 20 heavy (non-hydrogen) atoms. The summed E-state index contributed by atoms with van der Waals surface area (Å²) in [6.07, 6.45) is 0. The van der Waals surface area contributed by atoms with E-state index in [0.717, 1.165) is 0 Å². The molecular formula is C15H14F2N2S. The van der Waals surface area contributed by atoms with Gasteiger partial charge in [-0.15, -0.1) is 11.3 Å². The molecule has 2 aromatic rings. The quantitative estimate of drug-likeness (QED) is 0.912. The van der Waals surface area contributed by atoms with Gasteiger partial charge in [-0.3, -0.25) is 0 Å². The molecule has 0 amide bonds. The Balaban J connectivity index is 2.16. The fourth-order valence-corrected chi connectivity index (χ4v) is 2.69. The minimum atomic E-state index is -1.11. The summed E-state index contributed by atoms with van der Waals surface area (Å²) in [4.78, 5) is 1.17. The molecule has 0 atom stereocenters. The maximum atomic E-state index is 13.8. The molecular weight excluding hydrogens is 278 g/mol. The number of anilines is 1. The topological polar surface area (TPSA) is 35.8 Å². The van der Waals surface area contributed by atoms with Gasteiger partial charge in [-0.2, -0.15) is 5.26 Å². The van der Waals surface area contributed by atoms with Crippen LogP contribution >= 0.6 is 11.3 Å². The van der Waals surface area contributed by atoms with E-state index in [1.165, 1.54) is 17.0 Å². The van der Waals surface area contributed by atoms with Crippen molar-refractivity contribution in [2.75, 3.05) is 11.9 Å². The Morgan fingerprint density at radius 2 is 2.00 bits per heavy atom. The molecule has 1 aromatic carbocycles. The van der Waals surface area contributed by atoms with Crippen molar-refractivity contribution >= 4 is 17.0 Å². The SMILES string of the molecule is CC(C)(CNc1ccc(C#N)c(F)c1F)c1cccs1. The molecule has 2 rings (SSSR count). The largest absolute Gasteiger partial charge is 0.382 e. The molecule has 0 saturated heterocycles. The van der Waals surface area contributed by atoms with Crippen LogP contribution in [0.25, 0.3) is 0 Å². The molecule has 0 aliphatic carbocycles. The van der Waals surface area contributed by atoms with E-state index in [4.69, 9.17) is 5.26 Å². The van der Waals surface area contributed by atoms with Gasteiger partial charge in [-0.05, 0) is 23.6 Å². The number of hydrogen-bond acceptors (Lipinski definition) is 3. The van der Waals surface area contributed by atoms with Gasteiger partial charge in [0.15, 0.2) is 11.6 Å². The predicted octanol–water partition coefficient (Wildman–Crippen LogP) is 4.29. The van der Waals surface area contributed by atoms with Gasteiger partial charge in [-0.1, -0.05) is 19.9 Å². The Morgan fingerprint density at radius 3 is 2.60 bits per heavy atom. The third-order valence-corrected chi connectivity index (χ3v) is 4.35. The summed E-state index contributed by atoms with van der Waals surface area (Å²) in [6, 6.07) is 8.26. The predicted molar refractivity (Wildman–Crippen MR) is 76.9 cm³/mol. The van der Waals surface area contributed by atoms with Crippen LogP contribution in [0.1, 0.15) is 24.3 Å². The van der Waals surface area contributed by atoms with Crippen LogP contribution in [-0.2, 0) is 5.41 Å². The molecule has 0 bridgehead atoms. The normalized spacial score (nSPS) is 11.2. The molecule has 0 saturated carbocycles. The van der Waals surface area contributed by atoms with E-state index in [1.807, 2.05) is 31.4 Å². The van der Waals surface area contributed by atoms with E-state index in [2.05, 4.69) is 5.32 Å². The lowest BCUT2D eigenvalue weighted by molar-refractivity contribution is 0.505. The number of halogens is 2. The minimum Gasteiger partial charge on any atom is -0.382 e. The fraction of sp³-hybridized carbons (Fsp3) is 0.267. The molecule has 0 unspecified atom stereocenters. The van der Waals surface area contributed by atoms with Crippen LogP contribution in [0.15, 0.2) is 29.6 Å². The number of thiophene rings is 1. The second kappa shape index (κ2) is 5.59. The maximum absolute atomic E-state index is 13.8. The molecule has 1 aromatic heterocycles. The van der Waals surface area contributed by atoms with Crippen molar-refractivity contribution in [3.05, 3.63) is 51.7 Å². The smallest absolute Gasteiger partial charge is 0.183 e. The van der Waals surface area contributed by atoms with Crippen LogP contribution in [0.4, 0.5) is 14.5 Å². The Labute approximate surface area is 120 Å². The summed E-state index contributed by atoms with van der Waals surface area (Å²) in [5.41, 5.74) is -0.401. The number of rotatable bonds is 4. The van der Waals surface area contributed by atoms with Gasteiger partial charge in [0.05, 0.1) is 11.3 Å². The zero-order chi connectivity index (χ0) is 14.8. The van der Waals surface area contributed by atoms with E-state index in [-0.39, 0.29) is 16.7 Å². The maximum Gasteiger partial charge on any atom is 0.183 e. The highest BCUT2D eigenvalue weighted by atomic mass is 32.1. The molecule has 0 aliphatic heterocycles. The van der Waals surface area contributed by atoms with Gasteiger partial charge in [-0.25, -0.2) is 8.78 Å². The molecule has 0 aliphatic rings. The monoisotopic (exact) mass is 292 g/mol. The van der Waals surface area contributed by atoms with E-state index >= 15 is 0 Å². The third kappa shape index (κ3) is 2.81. The second-order valence-electron chi connectivity index (χ2n) is 5.12. The van der Waals surface area contributed by atoms with E-state index < -0.39 is 11.6 Å². The third-order valence-electron chi connectivity index (χ3n) is 3.11. The molecule has 2 nitrogen and oxygen atoms in total. The Morgan fingerprint density at radius 1 is 1.25 bits per heavy atom. The van der Waals surface area contributed by atoms with Crippen molar-refractivity contribution in [2.24, 2.45) is 0 Å². The Bertz CT molecular complexity index is 643. The number of nitrogens with one attached hydrogen (secondary N) is 1. The highest BCUT2D eigenvalue weighted by Crippen LogP contribution is 2.28. The second-order valence-corrected chi connectivity index (χ2v) is 6.06. The first-order valence-corrected chi connectivity index (χ1v) is 6.99. The van der Waals surface area contributed by atoms with Gasteiger partial charge in [0.2, 0.25) is 0 Å². The lowest BCUT2D eigenvalue weighted by Gasteiger charge is -2.24. The van der Waals surface area contributed by atoms with Crippen LogP contribution in [-0.4, -0.2) is 6.54 Å². The standard InChI is InChI=1S/C15H14F2N2S/c1-15(2,12-4-3-7-20-12)9-19-11-6-5-10(8-18)13(16)14(11)17/h3-7,19H,9H2,1-2H3. The number of benzene rings is 1. The van der Waals surface area contributed by atoms with Gasteiger partial charge >= 0.3 is 0 Å². The van der Waals surface area contributed by atoms with E-state index in [1.54, 1.807) is 17.4 Å². The van der Waals surface area contributed by atoms with Crippen molar-refractivity contribution in [3.63, 3.8) is 0 Å². The Hall–Kier alpha value is -1.93. The summed E-state index contributed by atoms with van der Waals surface area (Å²) in [5, 5.41) is 13.5. The minimum absolute atomic E-state index is 0.0751. The lowest BCUT2D eigenvalue weighted by atomic mass is 9.91.